The van der Waals surface area contributed by atoms with Gasteiger partial charge in [-0.1, -0.05) is 12.1 Å². The van der Waals surface area contributed by atoms with Gasteiger partial charge in [0.15, 0.2) is 0 Å². The average molecular weight is 290 g/mol. The highest BCUT2D eigenvalue weighted by molar-refractivity contribution is 5.27. The third-order valence-electron chi connectivity index (χ3n) is 4.58. The Bertz CT molecular complexity index is 435. The van der Waals surface area contributed by atoms with Crippen LogP contribution in [0.5, 0.6) is 5.75 Å². The number of morpholine rings is 1. The molecule has 2 heterocycles. The van der Waals surface area contributed by atoms with Gasteiger partial charge in [0.05, 0.1) is 19.8 Å². The van der Waals surface area contributed by atoms with Crippen molar-refractivity contribution in [3.05, 3.63) is 29.8 Å². The maximum atomic E-state index is 5.95. The number of fused-ring (bicyclic) bond motifs is 1. The van der Waals surface area contributed by atoms with Crippen molar-refractivity contribution >= 4 is 0 Å². The molecule has 1 aromatic carbocycles. The number of nitrogens with one attached hydrogen (secondary N) is 1. The molecular weight excluding hydrogens is 264 g/mol. The summed E-state index contributed by atoms with van der Waals surface area (Å²) in [5.41, 5.74) is 1.34. The van der Waals surface area contributed by atoms with Crippen LogP contribution in [0.25, 0.3) is 0 Å². The second-order valence-electron chi connectivity index (χ2n) is 6.05. The summed E-state index contributed by atoms with van der Waals surface area (Å²) in [4.78, 5) is 2.60. The summed E-state index contributed by atoms with van der Waals surface area (Å²) < 4.78 is 11.1. The highest BCUT2D eigenvalue weighted by Gasteiger charge is 2.31. The minimum atomic E-state index is 0.357. The highest BCUT2D eigenvalue weighted by Crippen LogP contribution is 2.22. The smallest absolute Gasteiger partial charge is 0.118 e. The summed E-state index contributed by atoms with van der Waals surface area (Å²) in [6, 6.07) is 9.00. The van der Waals surface area contributed by atoms with Gasteiger partial charge in [0.1, 0.15) is 5.75 Å². The number of rotatable bonds is 6. The fourth-order valence-electron chi connectivity index (χ4n) is 3.30. The van der Waals surface area contributed by atoms with E-state index >= 15 is 0 Å². The Kier molecular flexibility index (Phi) is 5.12. The Morgan fingerprint density at radius 1 is 1.33 bits per heavy atom. The van der Waals surface area contributed by atoms with E-state index in [0.29, 0.717) is 12.1 Å². The Morgan fingerprint density at radius 3 is 3.00 bits per heavy atom. The summed E-state index contributed by atoms with van der Waals surface area (Å²) in [7, 11) is 1.70. The van der Waals surface area contributed by atoms with Crippen LogP contribution in [0.2, 0.25) is 0 Å². The van der Waals surface area contributed by atoms with E-state index in [9.17, 15) is 0 Å². The number of hydrogen-bond donors (Lipinski definition) is 1. The zero-order chi connectivity index (χ0) is 14.5. The highest BCUT2D eigenvalue weighted by atomic mass is 16.5. The van der Waals surface area contributed by atoms with Gasteiger partial charge in [-0.2, -0.15) is 0 Å². The van der Waals surface area contributed by atoms with Crippen LogP contribution in [-0.4, -0.2) is 56.9 Å². The van der Waals surface area contributed by atoms with Crippen LogP contribution >= 0.6 is 0 Å². The largest absolute Gasteiger partial charge is 0.497 e. The van der Waals surface area contributed by atoms with Crippen molar-refractivity contribution in [1.82, 2.24) is 10.2 Å². The molecule has 21 heavy (non-hydrogen) atoms. The molecule has 1 aromatic rings. The third kappa shape index (κ3) is 3.96. The molecule has 0 aromatic heterocycles. The lowest BCUT2D eigenvalue weighted by molar-refractivity contribution is -0.0468. The molecule has 1 N–H and O–H groups in total. The predicted octanol–water partition coefficient (Wildman–Crippen LogP) is 1.69. The molecule has 116 valence electrons. The number of benzene rings is 1. The topological polar surface area (TPSA) is 33.7 Å². The van der Waals surface area contributed by atoms with Crippen LogP contribution in [0.15, 0.2) is 24.3 Å². The summed E-state index contributed by atoms with van der Waals surface area (Å²) in [5.74, 6) is 0.919. The molecule has 4 heteroatoms. The lowest BCUT2D eigenvalue weighted by Crippen LogP contribution is -2.49. The maximum Gasteiger partial charge on any atom is 0.118 e. The Balaban J connectivity index is 1.34. The monoisotopic (exact) mass is 290 g/mol. The first-order valence-electron chi connectivity index (χ1n) is 8.04. The average Bonchev–Trinajstić information content (AvgIpc) is 3.00. The first-order valence-corrected chi connectivity index (χ1v) is 8.04. The van der Waals surface area contributed by atoms with Crippen molar-refractivity contribution < 1.29 is 9.47 Å². The molecule has 4 nitrogen and oxygen atoms in total. The molecule has 2 unspecified atom stereocenters. The molecule has 2 atom stereocenters. The summed E-state index contributed by atoms with van der Waals surface area (Å²) >= 11 is 0. The molecule has 2 fully saturated rings. The lowest BCUT2D eigenvalue weighted by Gasteiger charge is -2.35. The minimum absolute atomic E-state index is 0.357. The number of ether oxygens (including phenoxy) is 2. The molecule has 3 rings (SSSR count). The molecule has 0 amide bonds. The van der Waals surface area contributed by atoms with Crippen LogP contribution in [0.3, 0.4) is 0 Å². The van der Waals surface area contributed by atoms with Gasteiger partial charge in [0.25, 0.3) is 0 Å². The van der Waals surface area contributed by atoms with Crippen molar-refractivity contribution in [2.24, 2.45) is 0 Å². The van der Waals surface area contributed by atoms with Gasteiger partial charge in [-0.15, -0.1) is 0 Å². The summed E-state index contributed by atoms with van der Waals surface area (Å²) in [5, 5.41) is 3.53. The molecule has 0 radical (unpaired) electrons. The van der Waals surface area contributed by atoms with Gasteiger partial charge in [-0.25, -0.2) is 0 Å². The van der Waals surface area contributed by atoms with Crippen LogP contribution in [-0.2, 0) is 11.2 Å². The van der Waals surface area contributed by atoms with Crippen molar-refractivity contribution in [1.29, 1.82) is 0 Å². The van der Waals surface area contributed by atoms with Crippen LogP contribution < -0.4 is 10.1 Å². The van der Waals surface area contributed by atoms with Gasteiger partial charge < -0.3 is 14.8 Å². The van der Waals surface area contributed by atoms with E-state index in [2.05, 4.69) is 22.3 Å². The molecule has 0 spiro atoms. The fraction of sp³-hybridized carbons (Fsp3) is 0.647. The first-order chi connectivity index (χ1) is 10.3. The molecule has 2 saturated heterocycles. The number of hydrogen-bond acceptors (Lipinski definition) is 4. The fourth-order valence-corrected chi connectivity index (χ4v) is 3.30. The van der Waals surface area contributed by atoms with Crippen LogP contribution in [0, 0.1) is 0 Å². The normalized spacial score (nSPS) is 25.8. The third-order valence-corrected chi connectivity index (χ3v) is 4.58. The van der Waals surface area contributed by atoms with E-state index in [0.717, 1.165) is 38.4 Å². The number of methoxy groups -OCH3 is 1. The standard InChI is InChI=1S/C17H26N2O2/c1-20-16-6-4-14(5-7-16)8-9-18-11-17-12-19-10-2-3-15(19)13-21-17/h4-7,15,17-18H,2-3,8-13H2,1H3. The molecule has 2 aliphatic rings. The maximum absolute atomic E-state index is 5.95. The van der Waals surface area contributed by atoms with E-state index in [1.165, 1.54) is 24.9 Å². The Morgan fingerprint density at radius 2 is 2.19 bits per heavy atom. The van der Waals surface area contributed by atoms with Crippen molar-refractivity contribution in [3.8, 4) is 5.75 Å². The second kappa shape index (κ2) is 7.25. The second-order valence-corrected chi connectivity index (χ2v) is 6.05. The van der Waals surface area contributed by atoms with Gasteiger partial charge in [0.2, 0.25) is 0 Å². The Labute approximate surface area is 127 Å². The first kappa shape index (κ1) is 14.8. The molecule has 2 aliphatic heterocycles. The summed E-state index contributed by atoms with van der Waals surface area (Å²) in [6.45, 7) is 5.23. The van der Waals surface area contributed by atoms with Gasteiger partial charge in [0, 0.05) is 19.1 Å². The zero-order valence-corrected chi connectivity index (χ0v) is 12.9. The predicted molar refractivity (Wildman–Crippen MR) is 83.9 cm³/mol. The van der Waals surface area contributed by atoms with E-state index in [1.807, 2.05) is 12.1 Å². The quantitative estimate of drug-likeness (QED) is 0.809. The Hall–Kier alpha value is -1.10. The molecule has 0 bridgehead atoms. The van der Waals surface area contributed by atoms with Gasteiger partial charge in [-0.05, 0) is 50.0 Å². The zero-order valence-electron chi connectivity index (χ0n) is 12.9. The van der Waals surface area contributed by atoms with E-state index in [-0.39, 0.29) is 0 Å². The molecular formula is C17H26N2O2. The van der Waals surface area contributed by atoms with Gasteiger partial charge >= 0.3 is 0 Å². The van der Waals surface area contributed by atoms with Crippen LogP contribution in [0.1, 0.15) is 18.4 Å². The SMILES string of the molecule is COc1ccc(CCNCC2CN3CCCC3CO2)cc1. The van der Waals surface area contributed by atoms with Crippen molar-refractivity contribution in [3.63, 3.8) is 0 Å². The summed E-state index contributed by atoms with van der Waals surface area (Å²) in [6.07, 6.45) is 4.06. The van der Waals surface area contributed by atoms with E-state index in [4.69, 9.17) is 9.47 Å². The van der Waals surface area contributed by atoms with E-state index in [1.54, 1.807) is 7.11 Å². The molecule has 0 aliphatic carbocycles. The molecule has 0 saturated carbocycles. The van der Waals surface area contributed by atoms with Gasteiger partial charge in [-0.3, -0.25) is 4.90 Å². The number of nitrogens with zero attached hydrogens (tertiary/aromatic N) is 1. The van der Waals surface area contributed by atoms with Crippen LogP contribution in [0.4, 0.5) is 0 Å². The van der Waals surface area contributed by atoms with Crippen molar-refractivity contribution in [2.45, 2.75) is 31.4 Å². The minimum Gasteiger partial charge on any atom is -0.497 e. The van der Waals surface area contributed by atoms with Crippen molar-refractivity contribution in [2.75, 3.05) is 39.9 Å². The van der Waals surface area contributed by atoms with E-state index < -0.39 is 0 Å². The lowest BCUT2D eigenvalue weighted by atomic mass is 10.1.